The van der Waals surface area contributed by atoms with E-state index < -0.39 is 96.3 Å². The Bertz CT molecular complexity index is 1650. The molecular weight excluding hydrogens is 744 g/mol. The lowest BCUT2D eigenvalue weighted by Gasteiger charge is -2.71. The van der Waals surface area contributed by atoms with Crippen molar-refractivity contribution in [2.24, 2.45) is 50.2 Å². The number of carboxylic acid groups (broad SMARTS) is 3. The van der Waals surface area contributed by atoms with Gasteiger partial charge in [-0.1, -0.05) is 53.2 Å². The minimum absolute atomic E-state index is 0.0440. The van der Waals surface area contributed by atoms with Crippen LogP contribution in [0.4, 0.5) is 0 Å². The van der Waals surface area contributed by atoms with E-state index in [4.69, 9.17) is 18.9 Å². The van der Waals surface area contributed by atoms with Gasteiger partial charge in [0.25, 0.3) is 0 Å². The summed E-state index contributed by atoms with van der Waals surface area (Å²) in [5.41, 5.74) is -0.00709. The zero-order chi connectivity index (χ0) is 42.0. The molecule has 0 aromatic rings. The summed E-state index contributed by atoms with van der Waals surface area (Å²) in [6.07, 6.45) is -8.79. The third-order valence-corrected chi connectivity index (χ3v) is 17.5. The Morgan fingerprint density at radius 3 is 1.88 bits per heavy atom. The molecule has 0 spiro atoms. The number of carbonyl (C=O) groups is 3. The highest BCUT2D eigenvalue weighted by atomic mass is 16.8. The predicted octanol–water partition coefficient (Wildman–Crippen LogP) is 3.07. The second-order valence-corrected chi connectivity index (χ2v) is 20.6. The minimum Gasteiger partial charge on any atom is -0.481 e. The maximum atomic E-state index is 12.5. The first-order chi connectivity index (χ1) is 26.4. The number of fused-ring (bicyclic) bond motifs is 7. The maximum absolute atomic E-state index is 12.5. The van der Waals surface area contributed by atoms with Gasteiger partial charge in [-0.25, -0.2) is 9.59 Å². The molecule has 0 radical (unpaired) electrons. The largest absolute Gasteiger partial charge is 0.481 e. The molecule has 322 valence electrons. The summed E-state index contributed by atoms with van der Waals surface area (Å²) >= 11 is 0. The Labute approximate surface area is 333 Å². The van der Waals surface area contributed by atoms with Crippen LogP contribution in [0.25, 0.3) is 0 Å². The summed E-state index contributed by atoms with van der Waals surface area (Å²) in [5, 5.41) is 83.1. The van der Waals surface area contributed by atoms with Crippen molar-refractivity contribution in [3.8, 4) is 0 Å². The smallest absolute Gasteiger partial charge is 0.335 e. The van der Waals surface area contributed by atoms with Gasteiger partial charge >= 0.3 is 17.9 Å². The summed E-state index contributed by atoms with van der Waals surface area (Å²) < 4.78 is 23.5. The number of aliphatic hydroxyl groups excluding tert-OH is 5. The van der Waals surface area contributed by atoms with Crippen LogP contribution in [0.1, 0.15) is 113 Å². The van der Waals surface area contributed by atoms with Gasteiger partial charge in [0.15, 0.2) is 24.8 Å². The first-order valence-electron chi connectivity index (χ1n) is 20.8. The Morgan fingerprint density at radius 1 is 0.667 bits per heavy atom. The number of aliphatic hydroxyl groups is 5. The van der Waals surface area contributed by atoms with Crippen LogP contribution in [-0.4, -0.2) is 126 Å². The molecular formula is C42H64O15. The van der Waals surface area contributed by atoms with Gasteiger partial charge in [0.1, 0.15) is 36.6 Å². The third-order valence-electron chi connectivity index (χ3n) is 17.5. The highest BCUT2D eigenvalue weighted by molar-refractivity contribution is 5.75. The predicted molar refractivity (Wildman–Crippen MR) is 199 cm³/mol. The number of aliphatic carboxylic acids is 3. The van der Waals surface area contributed by atoms with Gasteiger partial charge in [0, 0.05) is 0 Å². The molecule has 0 bridgehead atoms. The molecule has 0 unspecified atom stereocenters. The topological polar surface area (TPSA) is 250 Å². The Balaban J connectivity index is 1.15. The van der Waals surface area contributed by atoms with E-state index in [9.17, 15) is 55.2 Å². The average Bonchev–Trinajstić information content (AvgIpc) is 3.12. The zero-order valence-electron chi connectivity index (χ0n) is 34.2. The molecule has 15 heteroatoms. The molecule has 4 saturated carbocycles. The summed E-state index contributed by atoms with van der Waals surface area (Å²) in [6.45, 7) is 15.8. The zero-order valence-corrected chi connectivity index (χ0v) is 34.2. The van der Waals surface area contributed by atoms with Crippen LogP contribution in [-0.2, 0) is 33.3 Å². The molecule has 7 aliphatic rings. The Hall–Kier alpha value is -2.21. The van der Waals surface area contributed by atoms with E-state index in [1.165, 1.54) is 5.57 Å². The van der Waals surface area contributed by atoms with Crippen molar-refractivity contribution in [3.63, 3.8) is 0 Å². The van der Waals surface area contributed by atoms with E-state index in [1.807, 2.05) is 6.92 Å². The van der Waals surface area contributed by atoms with Crippen molar-refractivity contribution in [1.29, 1.82) is 0 Å². The lowest BCUT2D eigenvalue weighted by molar-refractivity contribution is -0.371. The standard InChI is InChI=1S/C42H64O15/c1-37(2)21-10-13-42(7)22(9-8-19-20-18-39(4,36(52)53)15-14-38(20,3)16-17-41(19,42)6)40(21,5)12-11-23(37)54-35-31(27(46)26(45)30(56-35)33(50)51)57-34-28(47)24(43)25(44)29(55-34)32(48)49/h8,20-31,34-35,43-47H,9-18H2,1-7H3,(H,48,49)(H,50,51)(H,52,53)/t20-,21-,22+,23-,24-,25-,26-,27-,28+,29-,30-,31+,34-,35-,38+,39-,40-,41+,42+/m0/s1. The van der Waals surface area contributed by atoms with Gasteiger partial charge in [-0.3, -0.25) is 4.79 Å². The van der Waals surface area contributed by atoms with E-state index in [1.54, 1.807) is 0 Å². The van der Waals surface area contributed by atoms with Crippen LogP contribution >= 0.6 is 0 Å². The van der Waals surface area contributed by atoms with E-state index in [-0.39, 0.29) is 33.5 Å². The molecule has 2 heterocycles. The van der Waals surface area contributed by atoms with Gasteiger partial charge in [0.05, 0.1) is 11.5 Å². The highest BCUT2D eigenvalue weighted by Crippen LogP contribution is 2.76. The van der Waals surface area contributed by atoms with Crippen molar-refractivity contribution < 1.29 is 74.2 Å². The van der Waals surface area contributed by atoms with Gasteiger partial charge in [-0.2, -0.15) is 0 Å². The van der Waals surface area contributed by atoms with Gasteiger partial charge in [-0.15, -0.1) is 0 Å². The van der Waals surface area contributed by atoms with Crippen LogP contribution in [0.15, 0.2) is 11.6 Å². The SMILES string of the molecule is CC1(C)[C@@H](O[C@H]2O[C@H](C(=O)O)[C@@H](O)[C@H](O)[C@H]2O[C@@H]2O[C@H](C(=O)O)[C@@H](O)[C@H](O)[C@H]2O)CC[C@]2(C)[C@H]3CC=C4[C@@H]5C[C@@](C)(C(=O)O)CC[C@]5(C)CC[C@@]4(C)[C@]3(C)CC[C@@H]12. The fourth-order valence-corrected chi connectivity index (χ4v) is 13.5. The number of hydrogen-bond acceptors (Lipinski definition) is 12. The molecule has 15 nitrogen and oxygen atoms in total. The number of carboxylic acids is 3. The van der Waals surface area contributed by atoms with E-state index >= 15 is 0 Å². The lowest BCUT2D eigenvalue weighted by atomic mass is 9.33. The maximum Gasteiger partial charge on any atom is 0.335 e. The van der Waals surface area contributed by atoms with Gasteiger partial charge in [-0.05, 0) is 116 Å². The fourth-order valence-electron chi connectivity index (χ4n) is 13.5. The van der Waals surface area contributed by atoms with Crippen molar-refractivity contribution in [3.05, 3.63) is 11.6 Å². The lowest BCUT2D eigenvalue weighted by Crippen LogP contribution is -2.67. The second-order valence-electron chi connectivity index (χ2n) is 20.6. The average molecular weight is 809 g/mol. The van der Waals surface area contributed by atoms with Crippen molar-refractivity contribution >= 4 is 17.9 Å². The molecule has 2 saturated heterocycles. The van der Waals surface area contributed by atoms with Crippen molar-refractivity contribution in [2.45, 2.75) is 180 Å². The first-order valence-corrected chi connectivity index (χ1v) is 20.8. The van der Waals surface area contributed by atoms with Crippen LogP contribution < -0.4 is 0 Å². The van der Waals surface area contributed by atoms with Crippen LogP contribution in [0, 0.1) is 50.2 Å². The van der Waals surface area contributed by atoms with Crippen molar-refractivity contribution in [2.75, 3.05) is 0 Å². The third kappa shape index (κ3) is 6.35. The quantitative estimate of drug-likeness (QED) is 0.136. The summed E-state index contributed by atoms with van der Waals surface area (Å²) in [4.78, 5) is 36.5. The number of hydrogen-bond donors (Lipinski definition) is 8. The normalized spacial score (nSPS) is 53.2. The number of allylic oxidation sites excluding steroid dienone is 2. The van der Waals surface area contributed by atoms with Crippen molar-refractivity contribution in [1.82, 2.24) is 0 Å². The first kappa shape index (κ1) is 42.9. The van der Waals surface area contributed by atoms with E-state index in [2.05, 4.69) is 47.6 Å². The fraction of sp³-hybridized carbons (Fsp3) is 0.881. The van der Waals surface area contributed by atoms with Gasteiger partial charge < -0.3 is 59.8 Å². The monoisotopic (exact) mass is 808 g/mol. The number of ether oxygens (including phenoxy) is 4. The molecule has 57 heavy (non-hydrogen) atoms. The number of rotatable bonds is 7. The molecule has 7 rings (SSSR count). The van der Waals surface area contributed by atoms with Crippen LogP contribution in [0.2, 0.25) is 0 Å². The second kappa shape index (κ2) is 14.2. The molecule has 2 aliphatic heterocycles. The molecule has 0 amide bonds. The highest BCUT2D eigenvalue weighted by Gasteiger charge is 2.69. The Morgan fingerprint density at radius 2 is 1.26 bits per heavy atom. The molecule has 8 N–H and O–H groups in total. The van der Waals surface area contributed by atoms with Crippen LogP contribution in [0.3, 0.4) is 0 Å². The van der Waals surface area contributed by atoms with Gasteiger partial charge in [0.2, 0.25) is 0 Å². The Kier molecular flexibility index (Phi) is 10.7. The molecule has 5 aliphatic carbocycles. The molecule has 0 aromatic heterocycles. The van der Waals surface area contributed by atoms with E-state index in [0.29, 0.717) is 25.2 Å². The van der Waals surface area contributed by atoms with Crippen LogP contribution in [0.5, 0.6) is 0 Å². The minimum atomic E-state index is -2.01. The molecule has 0 aromatic carbocycles. The summed E-state index contributed by atoms with van der Waals surface area (Å²) in [7, 11) is 0. The molecule has 6 fully saturated rings. The molecule has 19 atom stereocenters. The summed E-state index contributed by atoms with van der Waals surface area (Å²) in [6, 6.07) is 0. The summed E-state index contributed by atoms with van der Waals surface area (Å²) in [5.74, 6) is -3.24. The van der Waals surface area contributed by atoms with E-state index in [0.717, 1.165) is 44.9 Å².